The largest absolute Gasteiger partial charge is 0.310 e. The Bertz CT molecular complexity index is 2550. The minimum Gasteiger partial charge on any atom is -0.310 e. The van der Waals surface area contributed by atoms with Crippen LogP contribution in [-0.4, -0.2) is 0 Å². The van der Waals surface area contributed by atoms with Crippen molar-refractivity contribution in [3.63, 3.8) is 0 Å². The van der Waals surface area contributed by atoms with Crippen molar-refractivity contribution in [2.45, 2.75) is 5.41 Å². The monoisotopic (exact) mass is 674 g/mol. The third kappa shape index (κ3) is 4.27. The quantitative estimate of drug-likeness (QED) is 0.162. The molecule has 0 aromatic heterocycles. The fraction of sp³-hybridized carbons (Fsp3) is 0.0196. The van der Waals surface area contributed by atoms with Gasteiger partial charge < -0.3 is 9.80 Å². The number of para-hydroxylation sites is 4. The molecule has 0 bridgehead atoms. The van der Waals surface area contributed by atoms with E-state index in [1.807, 2.05) is 0 Å². The van der Waals surface area contributed by atoms with Crippen LogP contribution in [0.3, 0.4) is 0 Å². The number of fused-ring (bicyclic) bond motifs is 7. The van der Waals surface area contributed by atoms with Crippen LogP contribution in [0.5, 0.6) is 0 Å². The Morgan fingerprint density at radius 1 is 0.264 bits per heavy atom. The average molecular weight is 675 g/mol. The number of hydrogen-bond acceptors (Lipinski definition) is 2. The molecule has 0 fully saturated rings. The van der Waals surface area contributed by atoms with Gasteiger partial charge in [-0.3, -0.25) is 0 Å². The summed E-state index contributed by atoms with van der Waals surface area (Å²) in [4.78, 5) is 4.81. The van der Waals surface area contributed by atoms with Crippen molar-refractivity contribution in [1.82, 2.24) is 0 Å². The van der Waals surface area contributed by atoms with Crippen LogP contribution in [0.25, 0.3) is 32.7 Å². The van der Waals surface area contributed by atoms with Crippen LogP contribution in [-0.2, 0) is 5.41 Å². The van der Waals surface area contributed by atoms with Gasteiger partial charge in [-0.05, 0) is 128 Å². The second kappa shape index (κ2) is 11.6. The van der Waals surface area contributed by atoms with Gasteiger partial charge in [0.25, 0.3) is 0 Å². The van der Waals surface area contributed by atoms with Gasteiger partial charge in [0.05, 0.1) is 5.41 Å². The molecule has 0 heterocycles. The van der Waals surface area contributed by atoms with Gasteiger partial charge in [-0.1, -0.05) is 133 Å². The van der Waals surface area contributed by atoms with Gasteiger partial charge in [0.1, 0.15) is 0 Å². The molecule has 248 valence electrons. The maximum Gasteiger partial charge on any atom is 0.0727 e. The van der Waals surface area contributed by atoms with E-state index in [0.29, 0.717) is 0 Å². The summed E-state index contributed by atoms with van der Waals surface area (Å²) in [5.41, 5.74) is 14.3. The van der Waals surface area contributed by atoms with Crippen molar-refractivity contribution in [3.05, 3.63) is 229 Å². The van der Waals surface area contributed by atoms with E-state index in [4.69, 9.17) is 0 Å². The third-order valence-electron chi connectivity index (χ3n) is 11.3. The smallest absolute Gasteiger partial charge is 0.0727 e. The topological polar surface area (TPSA) is 6.48 Å². The summed E-state index contributed by atoms with van der Waals surface area (Å²) in [5, 5.41) is 5.17. The van der Waals surface area contributed by atoms with Gasteiger partial charge in [-0.15, -0.1) is 0 Å². The van der Waals surface area contributed by atoms with Crippen molar-refractivity contribution in [3.8, 4) is 11.1 Å². The highest BCUT2D eigenvalue weighted by atomic mass is 15.1. The first-order valence-electron chi connectivity index (χ1n) is 18.4. The van der Waals surface area contributed by atoms with Crippen molar-refractivity contribution in [2.24, 2.45) is 0 Å². The molecule has 0 saturated carbocycles. The zero-order valence-corrected chi connectivity index (χ0v) is 29.0. The summed E-state index contributed by atoms with van der Waals surface area (Å²) in [7, 11) is 0. The van der Waals surface area contributed by atoms with E-state index in [1.165, 1.54) is 54.9 Å². The highest BCUT2D eigenvalue weighted by Crippen LogP contribution is 2.64. The van der Waals surface area contributed by atoms with Gasteiger partial charge in [0.15, 0.2) is 0 Å². The zero-order valence-electron chi connectivity index (χ0n) is 29.0. The first-order chi connectivity index (χ1) is 26.3. The molecule has 0 amide bonds. The van der Waals surface area contributed by atoms with Crippen LogP contribution in [0.1, 0.15) is 22.3 Å². The lowest BCUT2D eigenvalue weighted by Crippen LogP contribution is -2.27. The second-order valence-corrected chi connectivity index (χ2v) is 14.1. The normalized spacial score (nSPS) is 13.1. The van der Waals surface area contributed by atoms with Gasteiger partial charge in [0.2, 0.25) is 0 Å². The van der Waals surface area contributed by atoms with Crippen LogP contribution >= 0.6 is 0 Å². The van der Waals surface area contributed by atoms with Crippen LogP contribution in [0.15, 0.2) is 206 Å². The Morgan fingerprint density at radius 3 is 0.943 bits per heavy atom. The molecule has 2 aliphatic carbocycles. The number of anilines is 6. The van der Waals surface area contributed by atoms with Gasteiger partial charge in [-0.2, -0.15) is 0 Å². The Labute approximate surface area is 309 Å². The third-order valence-corrected chi connectivity index (χ3v) is 11.3. The molecule has 53 heavy (non-hydrogen) atoms. The van der Waals surface area contributed by atoms with Crippen LogP contribution in [0.2, 0.25) is 0 Å². The van der Waals surface area contributed by atoms with E-state index in [-0.39, 0.29) is 0 Å². The molecule has 0 atom stereocenters. The van der Waals surface area contributed by atoms with Crippen molar-refractivity contribution >= 4 is 55.7 Å². The second-order valence-electron chi connectivity index (χ2n) is 14.1. The zero-order chi connectivity index (χ0) is 34.9. The van der Waals surface area contributed by atoms with Crippen LogP contribution < -0.4 is 9.80 Å². The van der Waals surface area contributed by atoms with Gasteiger partial charge >= 0.3 is 0 Å². The van der Waals surface area contributed by atoms with E-state index in [0.717, 1.165) is 34.1 Å². The van der Waals surface area contributed by atoms with Crippen LogP contribution in [0, 0.1) is 0 Å². The summed E-state index contributed by atoms with van der Waals surface area (Å²) >= 11 is 0. The van der Waals surface area contributed by atoms with Crippen LogP contribution in [0.4, 0.5) is 34.1 Å². The lowest BCUT2D eigenvalue weighted by atomic mass is 9.70. The van der Waals surface area contributed by atoms with Crippen molar-refractivity contribution in [2.75, 3.05) is 9.80 Å². The van der Waals surface area contributed by atoms with E-state index in [1.54, 1.807) is 0 Å². The molecule has 9 aromatic rings. The Morgan fingerprint density at radius 2 is 0.585 bits per heavy atom. The van der Waals surface area contributed by atoms with E-state index in [2.05, 4.69) is 216 Å². The maximum atomic E-state index is 2.49. The molecular weight excluding hydrogens is 641 g/mol. The molecule has 9 aromatic carbocycles. The molecule has 0 unspecified atom stereocenters. The summed E-state index contributed by atoms with van der Waals surface area (Å²) in [6, 6.07) is 75.7. The summed E-state index contributed by atoms with van der Waals surface area (Å²) in [5.74, 6) is 0. The summed E-state index contributed by atoms with van der Waals surface area (Å²) < 4.78 is 0. The lowest BCUT2D eigenvalue weighted by Gasteiger charge is -2.33. The van der Waals surface area contributed by atoms with Gasteiger partial charge in [-0.25, -0.2) is 0 Å². The number of hydrogen-bond donors (Lipinski definition) is 0. The minimum atomic E-state index is -0.516. The Hall–Kier alpha value is -6.90. The first kappa shape index (κ1) is 29.8. The highest BCUT2D eigenvalue weighted by molar-refractivity contribution is 6.19. The molecule has 1 spiro atoms. The first-order valence-corrected chi connectivity index (χ1v) is 18.4. The predicted molar refractivity (Wildman–Crippen MR) is 222 cm³/mol. The molecule has 0 N–H and O–H groups in total. The summed E-state index contributed by atoms with van der Waals surface area (Å²) in [6.07, 6.45) is 0. The standard InChI is InChI=1S/C51H34N2/c1-5-17-37(18-6-1)52(38-19-7-2-8-20-38)41-31-35-29-30-36-32-42(53(39-21-9-3-10-22-39)40-23-11-4-12-24-40)34-48-50(36)49(35)47(33-41)51(48)45-27-15-13-25-43(45)44-26-14-16-28-46(44)51/h1-34H. The van der Waals surface area contributed by atoms with Crippen molar-refractivity contribution < 1.29 is 0 Å². The number of nitrogens with zero attached hydrogens (tertiary/aromatic N) is 2. The Balaban J connectivity index is 1.26. The molecular formula is C51H34N2. The summed E-state index contributed by atoms with van der Waals surface area (Å²) in [6.45, 7) is 0. The van der Waals surface area contributed by atoms with Crippen molar-refractivity contribution in [1.29, 1.82) is 0 Å². The molecule has 2 nitrogen and oxygen atoms in total. The minimum absolute atomic E-state index is 0.516. The maximum absolute atomic E-state index is 2.49. The van der Waals surface area contributed by atoms with E-state index >= 15 is 0 Å². The average Bonchev–Trinajstić information content (AvgIpc) is 3.69. The number of rotatable bonds is 6. The molecule has 0 radical (unpaired) electrons. The lowest BCUT2D eigenvalue weighted by molar-refractivity contribution is 0.797. The van der Waals surface area contributed by atoms with Gasteiger partial charge in [0, 0.05) is 34.1 Å². The van der Waals surface area contributed by atoms with E-state index < -0.39 is 5.41 Å². The molecule has 2 heteroatoms. The fourth-order valence-corrected chi connectivity index (χ4v) is 9.31. The fourth-order valence-electron chi connectivity index (χ4n) is 9.31. The molecule has 0 saturated heterocycles. The highest BCUT2D eigenvalue weighted by Gasteiger charge is 2.51. The SMILES string of the molecule is c1ccc(N(c2ccccc2)c2cc3c4c(ccc5cc(N(c6ccccc6)c6ccccc6)cc(c54)C34c3ccccc3-c3ccccc34)c2)cc1. The number of benzene rings is 9. The van der Waals surface area contributed by atoms with E-state index in [9.17, 15) is 0 Å². The molecule has 0 aliphatic heterocycles. The molecule has 11 rings (SSSR count). The molecule has 2 aliphatic rings. The predicted octanol–water partition coefficient (Wildman–Crippen LogP) is 13.6. The Kier molecular flexibility index (Phi) is 6.50.